The third kappa shape index (κ3) is 3.61. The van der Waals surface area contributed by atoms with E-state index in [2.05, 4.69) is 12.0 Å². The molecule has 1 heterocycles. The van der Waals surface area contributed by atoms with Gasteiger partial charge in [0.15, 0.2) is 0 Å². The first kappa shape index (κ1) is 14.6. The van der Waals surface area contributed by atoms with Gasteiger partial charge in [-0.2, -0.15) is 5.10 Å². The number of hydrogen-bond donors (Lipinski definition) is 1. The minimum Gasteiger partial charge on any atom is -0.491 e. The highest BCUT2D eigenvalue weighted by Gasteiger charge is 2.12. The van der Waals surface area contributed by atoms with Gasteiger partial charge in [0.25, 0.3) is 0 Å². The average Bonchev–Trinajstić information content (AvgIpc) is 2.87. The van der Waals surface area contributed by atoms with Crippen molar-refractivity contribution in [2.75, 3.05) is 0 Å². The zero-order valence-corrected chi connectivity index (χ0v) is 12.3. The molecule has 0 radical (unpaired) electrons. The van der Waals surface area contributed by atoms with Crippen LogP contribution in [0.3, 0.4) is 0 Å². The Morgan fingerprint density at radius 1 is 1.20 bits per heavy atom. The summed E-state index contributed by atoms with van der Waals surface area (Å²) in [6.45, 7) is 6.95. The normalized spacial score (nSPS) is 12.7. The number of nitrogens with zero attached hydrogens (tertiary/aromatic N) is 2. The van der Waals surface area contributed by atoms with Crippen LogP contribution in [0, 0.1) is 0 Å². The van der Waals surface area contributed by atoms with Crippen molar-refractivity contribution in [2.45, 2.75) is 45.9 Å². The van der Waals surface area contributed by atoms with Crippen LogP contribution in [0.5, 0.6) is 5.75 Å². The molecular weight excluding hydrogens is 252 g/mol. The molecule has 4 heteroatoms. The first-order chi connectivity index (χ1) is 9.60. The van der Waals surface area contributed by atoms with Crippen molar-refractivity contribution in [1.82, 2.24) is 9.78 Å². The Morgan fingerprint density at radius 2 is 1.90 bits per heavy atom. The molecule has 1 atom stereocenters. The van der Waals surface area contributed by atoms with Gasteiger partial charge in [-0.25, -0.2) is 0 Å². The minimum absolute atomic E-state index is 0.151. The third-order valence-electron chi connectivity index (χ3n) is 2.99. The minimum atomic E-state index is -0.645. The van der Waals surface area contributed by atoms with E-state index in [1.54, 1.807) is 6.20 Å². The fourth-order valence-corrected chi connectivity index (χ4v) is 2.07. The molecule has 4 nitrogen and oxygen atoms in total. The monoisotopic (exact) mass is 274 g/mol. The average molecular weight is 274 g/mol. The van der Waals surface area contributed by atoms with Crippen LogP contribution < -0.4 is 4.74 Å². The van der Waals surface area contributed by atoms with E-state index in [0.29, 0.717) is 0 Å². The van der Waals surface area contributed by atoms with Gasteiger partial charge in [0.1, 0.15) is 11.9 Å². The summed E-state index contributed by atoms with van der Waals surface area (Å²) in [6.07, 6.45) is 4.15. The molecule has 0 aliphatic carbocycles. The molecule has 1 unspecified atom stereocenters. The van der Waals surface area contributed by atoms with E-state index in [9.17, 15) is 5.11 Å². The van der Waals surface area contributed by atoms with Gasteiger partial charge >= 0.3 is 0 Å². The molecule has 0 aliphatic rings. The summed E-state index contributed by atoms with van der Waals surface area (Å²) < 4.78 is 7.45. The van der Waals surface area contributed by atoms with Crippen LogP contribution in [0.1, 0.15) is 44.4 Å². The molecule has 0 spiro atoms. The fraction of sp³-hybridized carbons (Fsp3) is 0.438. The molecule has 0 amide bonds. The SMILES string of the molecule is CCCn1cc(C(O)c2ccc(OC(C)C)cc2)cn1. The third-order valence-corrected chi connectivity index (χ3v) is 2.99. The summed E-state index contributed by atoms with van der Waals surface area (Å²) in [5.74, 6) is 0.817. The van der Waals surface area contributed by atoms with Crippen molar-refractivity contribution in [3.63, 3.8) is 0 Å². The predicted octanol–water partition coefficient (Wildman–Crippen LogP) is 3.16. The predicted molar refractivity (Wildman–Crippen MR) is 78.8 cm³/mol. The van der Waals surface area contributed by atoms with Crippen LogP contribution >= 0.6 is 0 Å². The molecule has 0 saturated heterocycles. The first-order valence-corrected chi connectivity index (χ1v) is 7.07. The maximum atomic E-state index is 10.4. The second-order valence-electron chi connectivity index (χ2n) is 5.17. The lowest BCUT2D eigenvalue weighted by atomic mass is 10.0. The van der Waals surface area contributed by atoms with E-state index < -0.39 is 6.10 Å². The fourth-order valence-electron chi connectivity index (χ4n) is 2.07. The first-order valence-electron chi connectivity index (χ1n) is 7.07. The summed E-state index contributed by atoms with van der Waals surface area (Å²) in [7, 11) is 0. The van der Waals surface area contributed by atoms with Crippen LogP contribution in [0.25, 0.3) is 0 Å². The van der Waals surface area contributed by atoms with Gasteiger partial charge in [-0.05, 0) is 38.0 Å². The summed E-state index contributed by atoms with van der Waals surface area (Å²) in [5, 5.41) is 14.6. The number of ether oxygens (including phenoxy) is 1. The van der Waals surface area contributed by atoms with E-state index in [1.165, 1.54) is 0 Å². The largest absolute Gasteiger partial charge is 0.491 e. The van der Waals surface area contributed by atoms with Crippen LogP contribution in [-0.4, -0.2) is 21.0 Å². The Morgan fingerprint density at radius 3 is 2.50 bits per heavy atom. The van der Waals surface area contributed by atoms with Gasteiger partial charge < -0.3 is 9.84 Å². The second kappa shape index (κ2) is 6.57. The number of aryl methyl sites for hydroxylation is 1. The van der Waals surface area contributed by atoms with E-state index in [4.69, 9.17) is 4.74 Å². The molecule has 1 N–H and O–H groups in total. The zero-order valence-electron chi connectivity index (χ0n) is 12.3. The summed E-state index contributed by atoms with van der Waals surface area (Å²) in [5.41, 5.74) is 1.66. The molecule has 0 bridgehead atoms. The number of benzene rings is 1. The van der Waals surface area contributed by atoms with E-state index in [1.807, 2.05) is 49.0 Å². The molecule has 20 heavy (non-hydrogen) atoms. The highest BCUT2D eigenvalue weighted by molar-refractivity contribution is 5.32. The van der Waals surface area contributed by atoms with Gasteiger partial charge in [0, 0.05) is 18.3 Å². The van der Waals surface area contributed by atoms with E-state index in [-0.39, 0.29) is 6.10 Å². The van der Waals surface area contributed by atoms with Crippen molar-refractivity contribution in [3.05, 3.63) is 47.8 Å². The second-order valence-corrected chi connectivity index (χ2v) is 5.17. The molecule has 1 aromatic carbocycles. The van der Waals surface area contributed by atoms with Crippen molar-refractivity contribution < 1.29 is 9.84 Å². The lowest BCUT2D eigenvalue weighted by Gasteiger charge is -2.12. The number of hydrogen-bond acceptors (Lipinski definition) is 3. The van der Waals surface area contributed by atoms with Crippen LogP contribution in [0.15, 0.2) is 36.7 Å². The Balaban J connectivity index is 2.09. The van der Waals surface area contributed by atoms with Gasteiger partial charge in [0.05, 0.1) is 12.3 Å². The van der Waals surface area contributed by atoms with E-state index in [0.717, 1.165) is 29.8 Å². The Kier molecular flexibility index (Phi) is 4.79. The molecule has 2 rings (SSSR count). The molecule has 0 fully saturated rings. The molecular formula is C16H22N2O2. The van der Waals surface area contributed by atoms with E-state index >= 15 is 0 Å². The summed E-state index contributed by atoms with van der Waals surface area (Å²) >= 11 is 0. The Labute approximate surface area is 120 Å². The lowest BCUT2D eigenvalue weighted by molar-refractivity contribution is 0.219. The maximum Gasteiger partial charge on any atom is 0.119 e. The highest BCUT2D eigenvalue weighted by atomic mass is 16.5. The quantitative estimate of drug-likeness (QED) is 0.880. The zero-order chi connectivity index (χ0) is 14.5. The molecule has 108 valence electrons. The number of aliphatic hydroxyl groups is 1. The molecule has 2 aromatic rings. The smallest absolute Gasteiger partial charge is 0.119 e. The van der Waals surface area contributed by atoms with Crippen molar-refractivity contribution >= 4 is 0 Å². The van der Waals surface area contributed by atoms with Gasteiger partial charge in [-0.15, -0.1) is 0 Å². The van der Waals surface area contributed by atoms with Crippen LogP contribution in [-0.2, 0) is 6.54 Å². The summed E-state index contributed by atoms with van der Waals surface area (Å²) in [4.78, 5) is 0. The Bertz CT molecular complexity index is 532. The molecule has 0 aliphatic heterocycles. The van der Waals surface area contributed by atoms with Crippen molar-refractivity contribution in [3.8, 4) is 5.75 Å². The van der Waals surface area contributed by atoms with Crippen LogP contribution in [0.2, 0.25) is 0 Å². The summed E-state index contributed by atoms with van der Waals surface area (Å²) in [6, 6.07) is 7.54. The standard InChI is InChI=1S/C16H22N2O2/c1-4-9-18-11-14(10-17-18)16(19)13-5-7-15(8-6-13)20-12(2)3/h5-8,10-12,16,19H,4,9H2,1-3H3. The van der Waals surface area contributed by atoms with Gasteiger partial charge in [-0.3, -0.25) is 4.68 Å². The molecule has 1 aromatic heterocycles. The van der Waals surface area contributed by atoms with Crippen molar-refractivity contribution in [1.29, 1.82) is 0 Å². The van der Waals surface area contributed by atoms with Gasteiger partial charge in [-0.1, -0.05) is 19.1 Å². The van der Waals surface area contributed by atoms with Gasteiger partial charge in [0.2, 0.25) is 0 Å². The van der Waals surface area contributed by atoms with Crippen LogP contribution in [0.4, 0.5) is 0 Å². The van der Waals surface area contributed by atoms with Crippen molar-refractivity contribution in [2.24, 2.45) is 0 Å². The number of aliphatic hydroxyl groups excluding tert-OH is 1. The topological polar surface area (TPSA) is 47.3 Å². The highest BCUT2D eigenvalue weighted by Crippen LogP contribution is 2.24. The maximum absolute atomic E-state index is 10.4. The number of aromatic nitrogens is 2. The number of rotatable bonds is 6. The lowest BCUT2D eigenvalue weighted by Crippen LogP contribution is -2.05. The molecule has 0 saturated carbocycles. The Hall–Kier alpha value is -1.81.